The summed E-state index contributed by atoms with van der Waals surface area (Å²) in [6.07, 6.45) is 0.133. The lowest BCUT2D eigenvalue weighted by atomic mass is 10.2. The molecule has 5 nitrogen and oxygen atoms in total. The molecule has 0 spiro atoms. The van der Waals surface area contributed by atoms with Crippen LogP contribution in [0.5, 0.6) is 5.75 Å². The molecule has 1 aliphatic rings. The summed E-state index contributed by atoms with van der Waals surface area (Å²) in [6, 6.07) is 7.90. The molecule has 0 saturated carbocycles. The number of thiazole rings is 1. The second kappa shape index (κ2) is 8.69. The number of ether oxygens (including phenoxy) is 2. The predicted octanol–water partition coefficient (Wildman–Crippen LogP) is 3.30. The third-order valence-corrected chi connectivity index (χ3v) is 5.85. The fourth-order valence-electron chi connectivity index (χ4n) is 2.62. The Labute approximate surface area is 156 Å². The van der Waals surface area contributed by atoms with E-state index in [2.05, 4.69) is 10.4 Å². The Morgan fingerprint density at radius 2 is 2.24 bits per heavy atom. The maximum atomic E-state index is 12.2. The number of methoxy groups -OCH3 is 1. The molecule has 0 bridgehead atoms. The molecule has 1 saturated heterocycles. The molecule has 3 rings (SSSR count). The normalized spacial score (nSPS) is 17.5. The molecule has 1 atom stereocenters. The Morgan fingerprint density at radius 3 is 2.96 bits per heavy atom. The quantitative estimate of drug-likeness (QED) is 0.772. The molecule has 0 radical (unpaired) electrons. The maximum Gasteiger partial charge on any atom is 0.232 e. The zero-order valence-electron chi connectivity index (χ0n) is 14.4. The van der Waals surface area contributed by atoms with Crippen molar-refractivity contribution in [3.05, 3.63) is 35.3 Å². The molecule has 2 aromatic rings. The van der Waals surface area contributed by atoms with Gasteiger partial charge in [0.15, 0.2) is 0 Å². The number of carbonyl (C=O) groups excluding carboxylic acids is 1. The van der Waals surface area contributed by atoms with Crippen molar-refractivity contribution in [1.29, 1.82) is 0 Å². The summed E-state index contributed by atoms with van der Waals surface area (Å²) in [5.41, 5.74) is 2.10. The highest BCUT2D eigenvalue weighted by molar-refractivity contribution is 7.99. The van der Waals surface area contributed by atoms with Crippen molar-refractivity contribution >= 4 is 29.0 Å². The minimum atomic E-state index is 0.133. The lowest BCUT2D eigenvalue weighted by molar-refractivity contribution is -0.135. The van der Waals surface area contributed by atoms with E-state index < -0.39 is 0 Å². The third-order valence-electron chi connectivity index (χ3n) is 3.96. The van der Waals surface area contributed by atoms with Gasteiger partial charge in [-0.3, -0.25) is 4.79 Å². The summed E-state index contributed by atoms with van der Waals surface area (Å²) < 4.78 is 10.7. The molecule has 7 heteroatoms. The van der Waals surface area contributed by atoms with E-state index >= 15 is 0 Å². The van der Waals surface area contributed by atoms with Crippen LogP contribution in [0.1, 0.15) is 12.6 Å². The van der Waals surface area contributed by atoms with Crippen LogP contribution in [0.3, 0.4) is 0 Å². The molecular formula is C18H22N2O3S2. The number of rotatable bonds is 6. The fourth-order valence-corrected chi connectivity index (χ4v) is 4.37. The standard InChI is InChI=1S/C18H22N2O3S2/c1-13-9-20(7-8-23-13)17(21)12-24-10-15-11-25-18(19-15)14-3-5-16(22-2)6-4-14/h3-6,11,13H,7-10,12H2,1-2H3. The zero-order chi connectivity index (χ0) is 17.6. The van der Waals surface area contributed by atoms with Gasteiger partial charge < -0.3 is 14.4 Å². The van der Waals surface area contributed by atoms with Gasteiger partial charge >= 0.3 is 0 Å². The van der Waals surface area contributed by atoms with E-state index in [1.807, 2.05) is 36.1 Å². The van der Waals surface area contributed by atoms with Gasteiger partial charge in [-0.2, -0.15) is 0 Å². The minimum Gasteiger partial charge on any atom is -0.497 e. The molecule has 1 fully saturated rings. The Hall–Kier alpha value is -1.57. The topological polar surface area (TPSA) is 51.7 Å². The number of nitrogens with zero attached hydrogens (tertiary/aromatic N) is 2. The second-order valence-corrected chi connectivity index (χ2v) is 7.73. The number of thioether (sulfide) groups is 1. The number of aromatic nitrogens is 1. The molecule has 134 valence electrons. The minimum absolute atomic E-state index is 0.133. The van der Waals surface area contributed by atoms with Crippen molar-refractivity contribution in [2.45, 2.75) is 18.8 Å². The summed E-state index contributed by atoms with van der Waals surface area (Å²) in [5, 5.41) is 3.06. The molecule has 1 unspecified atom stereocenters. The number of hydrogen-bond acceptors (Lipinski definition) is 6. The molecular weight excluding hydrogens is 356 g/mol. The van der Waals surface area contributed by atoms with Gasteiger partial charge in [-0.15, -0.1) is 23.1 Å². The molecule has 1 aliphatic heterocycles. The van der Waals surface area contributed by atoms with Crippen LogP contribution in [-0.2, 0) is 15.3 Å². The Morgan fingerprint density at radius 1 is 1.44 bits per heavy atom. The number of amides is 1. The van der Waals surface area contributed by atoms with Crippen LogP contribution in [0.25, 0.3) is 10.6 Å². The monoisotopic (exact) mass is 378 g/mol. The van der Waals surface area contributed by atoms with E-state index in [1.165, 1.54) is 0 Å². The highest BCUT2D eigenvalue weighted by Crippen LogP contribution is 2.27. The zero-order valence-corrected chi connectivity index (χ0v) is 16.1. The fraction of sp³-hybridized carbons (Fsp3) is 0.444. The van der Waals surface area contributed by atoms with Crippen LogP contribution in [0.4, 0.5) is 0 Å². The number of morpholine rings is 1. The van der Waals surface area contributed by atoms with Gasteiger partial charge in [-0.1, -0.05) is 0 Å². The summed E-state index contributed by atoms with van der Waals surface area (Å²) in [6.45, 7) is 4.03. The van der Waals surface area contributed by atoms with Crippen molar-refractivity contribution in [3.63, 3.8) is 0 Å². The van der Waals surface area contributed by atoms with Crippen molar-refractivity contribution in [1.82, 2.24) is 9.88 Å². The van der Waals surface area contributed by atoms with E-state index in [1.54, 1.807) is 30.2 Å². The largest absolute Gasteiger partial charge is 0.497 e. The Kier molecular flexibility index (Phi) is 6.34. The molecule has 1 aromatic carbocycles. The van der Waals surface area contributed by atoms with Gasteiger partial charge in [-0.25, -0.2) is 4.98 Å². The molecule has 1 amide bonds. The second-order valence-electron chi connectivity index (χ2n) is 5.89. The van der Waals surface area contributed by atoms with Gasteiger partial charge in [0.05, 0.1) is 31.3 Å². The van der Waals surface area contributed by atoms with Crippen LogP contribution >= 0.6 is 23.1 Å². The van der Waals surface area contributed by atoms with Crippen LogP contribution in [0, 0.1) is 0 Å². The SMILES string of the molecule is COc1ccc(-c2nc(CSCC(=O)N3CCOC(C)C3)cs2)cc1. The van der Waals surface area contributed by atoms with Gasteiger partial charge in [0.1, 0.15) is 10.8 Å². The van der Waals surface area contributed by atoms with E-state index in [-0.39, 0.29) is 12.0 Å². The average Bonchev–Trinajstić information content (AvgIpc) is 3.10. The molecule has 25 heavy (non-hydrogen) atoms. The van der Waals surface area contributed by atoms with Crippen molar-refractivity contribution in [3.8, 4) is 16.3 Å². The van der Waals surface area contributed by atoms with Crippen molar-refractivity contribution in [2.75, 3.05) is 32.6 Å². The van der Waals surface area contributed by atoms with Crippen LogP contribution < -0.4 is 4.74 Å². The Bertz CT molecular complexity index is 703. The highest BCUT2D eigenvalue weighted by atomic mass is 32.2. The first-order valence-electron chi connectivity index (χ1n) is 8.21. The molecule has 2 heterocycles. The lowest BCUT2D eigenvalue weighted by Gasteiger charge is -2.31. The first-order chi connectivity index (χ1) is 12.2. The van der Waals surface area contributed by atoms with Crippen LogP contribution in [0.2, 0.25) is 0 Å². The number of hydrogen-bond donors (Lipinski definition) is 0. The van der Waals surface area contributed by atoms with E-state index in [9.17, 15) is 4.79 Å². The average molecular weight is 379 g/mol. The third kappa shape index (κ3) is 4.96. The van der Waals surface area contributed by atoms with Gasteiger partial charge in [-0.05, 0) is 31.2 Å². The Balaban J connectivity index is 1.49. The first kappa shape index (κ1) is 18.2. The van der Waals surface area contributed by atoms with Gasteiger partial charge in [0, 0.05) is 29.8 Å². The van der Waals surface area contributed by atoms with Gasteiger partial charge in [0.2, 0.25) is 5.91 Å². The summed E-state index contributed by atoms with van der Waals surface area (Å²) in [7, 11) is 1.66. The van der Waals surface area contributed by atoms with Crippen molar-refractivity contribution < 1.29 is 14.3 Å². The van der Waals surface area contributed by atoms with E-state index in [0.717, 1.165) is 27.8 Å². The van der Waals surface area contributed by atoms with E-state index in [0.29, 0.717) is 25.4 Å². The summed E-state index contributed by atoms with van der Waals surface area (Å²) in [4.78, 5) is 18.8. The smallest absolute Gasteiger partial charge is 0.232 e. The predicted molar refractivity (Wildman–Crippen MR) is 102 cm³/mol. The highest BCUT2D eigenvalue weighted by Gasteiger charge is 2.21. The number of benzene rings is 1. The van der Waals surface area contributed by atoms with Crippen LogP contribution in [-0.4, -0.2) is 54.5 Å². The van der Waals surface area contributed by atoms with E-state index in [4.69, 9.17) is 9.47 Å². The maximum absolute atomic E-state index is 12.2. The molecule has 0 aliphatic carbocycles. The first-order valence-corrected chi connectivity index (χ1v) is 10.2. The summed E-state index contributed by atoms with van der Waals surface area (Å²) in [5.74, 6) is 2.26. The van der Waals surface area contributed by atoms with Crippen LogP contribution in [0.15, 0.2) is 29.6 Å². The number of carbonyl (C=O) groups is 1. The van der Waals surface area contributed by atoms with Gasteiger partial charge in [0.25, 0.3) is 0 Å². The summed E-state index contributed by atoms with van der Waals surface area (Å²) >= 11 is 3.24. The lowest BCUT2D eigenvalue weighted by Crippen LogP contribution is -2.45. The molecule has 0 N–H and O–H groups in total. The molecule has 1 aromatic heterocycles. The van der Waals surface area contributed by atoms with Crippen molar-refractivity contribution in [2.24, 2.45) is 0 Å².